The van der Waals surface area contributed by atoms with Gasteiger partial charge in [0.1, 0.15) is 0 Å². The fourth-order valence-electron chi connectivity index (χ4n) is 3.92. The summed E-state index contributed by atoms with van der Waals surface area (Å²) in [6.45, 7) is 3.51. The molecule has 0 aliphatic carbocycles. The van der Waals surface area contributed by atoms with Gasteiger partial charge in [-0.25, -0.2) is 0 Å². The summed E-state index contributed by atoms with van der Waals surface area (Å²) in [7, 11) is 0. The van der Waals surface area contributed by atoms with E-state index in [0.717, 1.165) is 23.6 Å². The number of thiocarbonyl (C=S) groups is 1. The lowest BCUT2D eigenvalue weighted by atomic mass is 10.0. The Hall–Kier alpha value is -3.19. The fourth-order valence-corrected chi connectivity index (χ4v) is 4.25. The number of carbonyl (C=O) groups is 1. The number of aromatic nitrogens is 2. The summed E-state index contributed by atoms with van der Waals surface area (Å²) in [5.74, 6) is -0.0325. The van der Waals surface area contributed by atoms with Gasteiger partial charge >= 0.3 is 0 Å². The van der Waals surface area contributed by atoms with E-state index in [9.17, 15) is 4.79 Å². The van der Waals surface area contributed by atoms with Crippen molar-refractivity contribution >= 4 is 28.9 Å². The lowest BCUT2D eigenvalue weighted by Crippen LogP contribution is -2.33. The summed E-state index contributed by atoms with van der Waals surface area (Å²) < 4.78 is 2.22. The van der Waals surface area contributed by atoms with E-state index in [1.165, 1.54) is 0 Å². The molecule has 1 amide bonds. The summed E-state index contributed by atoms with van der Waals surface area (Å²) in [6.07, 6.45) is 4.22. The monoisotopic (exact) mass is 419 g/mol. The minimum atomic E-state index is -0.0731. The predicted molar refractivity (Wildman–Crippen MR) is 122 cm³/mol. The maximum Gasteiger partial charge on any atom is 0.226 e. The van der Waals surface area contributed by atoms with Crippen LogP contribution in [-0.4, -0.2) is 32.0 Å². The van der Waals surface area contributed by atoms with Crippen LogP contribution in [0.25, 0.3) is 0 Å². The number of nitrogens with one attached hydrogen (secondary N) is 2. The highest BCUT2D eigenvalue weighted by Gasteiger charge is 2.40. The van der Waals surface area contributed by atoms with Crippen LogP contribution in [0.15, 0.2) is 73.1 Å². The van der Waals surface area contributed by atoms with Crippen LogP contribution in [-0.2, 0) is 11.3 Å². The Morgan fingerprint density at radius 1 is 1.13 bits per heavy atom. The molecule has 2 N–H and O–H groups in total. The van der Waals surface area contributed by atoms with Crippen LogP contribution in [0, 0.1) is 0 Å². The van der Waals surface area contributed by atoms with Gasteiger partial charge in [0.25, 0.3) is 0 Å². The van der Waals surface area contributed by atoms with Gasteiger partial charge in [-0.1, -0.05) is 24.3 Å². The number of pyridine rings is 1. The second-order valence-corrected chi connectivity index (χ2v) is 7.59. The van der Waals surface area contributed by atoms with Gasteiger partial charge in [-0.15, -0.1) is 0 Å². The molecule has 2 aromatic heterocycles. The van der Waals surface area contributed by atoms with Crippen molar-refractivity contribution in [3.63, 3.8) is 0 Å². The number of carbonyl (C=O) groups excluding carboxylic acids is 1. The van der Waals surface area contributed by atoms with Crippen molar-refractivity contribution in [2.75, 3.05) is 11.9 Å². The Morgan fingerprint density at radius 3 is 2.67 bits per heavy atom. The molecular formula is C23H25N5OS. The van der Waals surface area contributed by atoms with Gasteiger partial charge < -0.3 is 20.1 Å². The molecule has 0 saturated carbocycles. The third-order valence-corrected chi connectivity index (χ3v) is 5.70. The van der Waals surface area contributed by atoms with E-state index in [2.05, 4.69) is 50.3 Å². The molecule has 0 bridgehead atoms. The number of hydrogen-bond donors (Lipinski definition) is 2. The van der Waals surface area contributed by atoms with E-state index in [-0.39, 0.29) is 18.0 Å². The highest BCUT2D eigenvalue weighted by molar-refractivity contribution is 7.80. The molecule has 0 unspecified atom stereocenters. The maximum atomic E-state index is 12.5. The molecule has 154 valence electrons. The number of rotatable bonds is 7. The molecule has 6 nitrogen and oxygen atoms in total. The molecule has 1 aliphatic heterocycles. The van der Waals surface area contributed by atoms with Crippen molar-refractivity contribution in [1.29, 1.82) is 0 Å². The zero-order chi connectivity index (χ0) is 20.9. The molecule has 4 rings (SSSR count). The molecule has 3 aromatic rings. The third-order valence-electron chi connectivity index (χ3n) is 5.34. The molecule has 1 fully saturated rings. The van der Waals surface area contributed by atoms with E-state index in [1.54, 1.807) is 6.20 Å². The summed E-state index contributed by atoms with van der Waals surface area (Å²) in [5.41, 5.74) is 2.89. The lowest BCUT2D eigenvalue weighted by molar-refractivity contribution is -0.116. The number of hydrogen-bond acceptors (Lipinski definition) is 3. The van der Waals surface area contributed by atoms with E-state index < -0.39 is 0 Å². The first-order valence-corrected chi connectivity index (χ1v) is 10.6. The van der Waals surface area contributed by atoms with Crippen molar-refractivity contribution in [3.8, 4) is 0 Å². The van der Waals surface area contributed by atoms with Gasteiger partial charge in [-0.2, -0.15) is 0 Å². The van der Waals surface area contributed by atoms with Crippen LogP contribution < -0.4 is 10.6 Å². The SMILES string of the molecule is CCn1cccc1[C@@H]1[C@@H](c2ccccn2)NC(=S)N1CCC(=O)Nc1ccccc1. The van der Waals surface area contributed by atoms with Crippen molar-refractivity contribution in [1.82, 2.24) is 19.8 Å². The van der Waals surface area contributed by atoms with Gasteiger partial charge in [0.15, 0.2) is 5.11 Å². The molecule has 1 aliphatic rings. The quantitative estimate of drug-likeness (QED) is 0.569. The van der Waals surface area contributed by atoms with Gasteiger partial charge in [0.2, 0.25) is 5.91 Å². The number of anilines is 1. The molecule has 1 saturated heterocycles. The lowest BCUT2D eigenvalue weighted by Gasteiger charge is -2.28. The van der Waals surface area contributed by atoms with E-state index >= 15 is 0 Å². The van der Waals surface area contributed by atoms with Crippen LogP contribution in [0.3, 0.4) is 0 Å². The van der Waals surface area contributed by atoms with Crippen LogP contribution >= 0.6 is 12.2 Å². The molecule has 2 atom stereocenters. The molecule has 0 spiro atoms. The van der Waals surface area contributed by atoms with Gasteiger partial charge in [-0.3, -0.25) is 9.78 Å². The Bertz CT molecular complexity index is 1000. The number of amides is 1. The van der Waals surface area contributed by atoms with E-state index in [0.29, 0.717) is 18.1 Å². The second kappa shape index (κ2) is 9.09. The zero-order valence-electron chi connectivity index (χ0n) is 16.9. The van der Waals surface area contributed by atoms with Gasteiger partial charge in [-0.05, 0) is 55.5 Å². The van der Waals surface area contributed by atoms with Crippen molar-refractivity contribution in [3.05, 3.63) is 84.4 Å². The normalized spacial score (nSPS) is 18.3. The summed E-state index contributed by atoms with van der Waals surface area (Å²) >= 11 is 5.68. The molecule has 30 heavy (non-hydrogen) atoms. The second-order valence-electron chi connectivity index (χ2n) is 7.20. The molecule has 1 aromatic carbocycles. The van der Waals surface area contributed by atoms with Crippen LogP contribution in [0.2, 0.25) is 0 Å². The Labute approximate surface area is 181 Å². The predicted octanol–water partition coefficient (Wildman–Crippen LogP) is 3.90. The maximum absolute atomic E-state index is 12.5. The van der Waals surface area contributed by atoms with E-state index in [1.807, 2.05) is 48.5 Å². The van der Waals surface area contributed by atoms with E-state index in [4.69, 9.17) is 12.2 Å². The highest BCUT2D eigenvalue weighted by atomic mass is 32.1. The Kier molecular flexibility index (Phi) is 6.09. The minimum Gasteiger partial charge on any atom is -0.352 e. The molecule has 7 heteroatoms. The first-order valence-electron chi connectivity index (χ1n) is 10.2. The Balaban J connectivity index is 1.55. The van der Waals surface area contributed by atoms with Crippen LogP contribution in [0.5, 0.6) is 0 Å². The third kappa shape index (κ3) is 4.21. The summed E-state index contributed by atoms with van der Waals surface area (Å²) in [6, 6.07) is 19.5. The highest BCUT2D eigenvalue weighted by Crippen LogP contribution is 2.38. The average Bonchev–Trinajstić information content (AvgIpc) is 3.37. The Morgan fingerprint density at radius 2 is 1.93 bits per heavy atom. The van der Waals surface area contributed by atoms with Crippen molar-refractivity contribution < 1.29 is 4.79 Å². The number of para-hydroxylation sites is 1. The average molecular weight is 420 g/mol. The van der Waals surface area contributed by atoms with Gasteiger partial charge in [0.05, 0.1) is 17.8 Å². The van der Waals surface area contributed by atoms with Crippen LogP contribution in [0.1, 0.15) is 36.8 Å². The largest absolute Gasteiger partial charge is 0.352 e. The number of nitrogens with zero attached hydrogens (tertiary/aromatic N) is 3. The first kappa shape index (κ1) is 20.1. The number of benzene rings is 1. The summed E-state index contributed by atoms with van der Waals surface area (Å²) in [4.78, 5) is 19.2. The van der Waals surface area contributed by atoms with Crippen molar-refractivity contribution in [2.24, 2.45) is 0 Å². The van der Waals surface area contributed by atoms with Gasteiger partial charge in [0, 0.05) is 43.3 Å². The minimum absolute atomic E-state index is 0.0325. The topological polar surface area (TPSA) is 62.2 Å². The van der Waals surface area contributed by atoms with Crippen molar-refractivity contribution in [2.45, 2.75) is 32.0 Å². The summed E-state index contributed by atoms with van der Waals surface area (Å²) in [5, 5.41) is 7.03. The standard InChI is InChI=1S/C23H25N5OS/c1-2-27-15-8-12-19(27)22-21(18-11-6-7-14-24-18)26-23(30)28(22)16-13-20(29)25-17-9-4-3-5-10-17/h3-12,14-15,21-22H,2,13,16H2,1H3,(H,25,29)(H,26,30)/t21-,22-/m1/s1. The molecule has 0 radical (unpaired) electrons. The van der Waals surface area contributed by atoms with Crippen LogP contribution in [0.4, 0.5) is 5.69 Å². The number of aryl methyl sites for hydroxylation is 1. The smallest absolute Gasteiger partial charge is 0.226 e. The fraction of sp³-hybridized carbons (Fsp3) is 0.261. The molecular weight excluding hydrogens is 394 g/mol. The first-order chi connectivity index (χ1) is 14.7. The molecule has 3 heterocycles. The zero-order valence-corrected chi connectivity index (χ0v) is 17.7.